The van der Waals surface area contributed by atoms with E-state index in [1.165, 1.54) is 12.1 Å². The molecule has 1 unspecified atom stereocenters. The molecule has 2 aliphatic heterocycles. The van der Waals surface area contributed by atoms with Crippen molar-refractivity contribution in [2.45, 2.75) is 39.2 Å². The van der Waals surface area contributed by atoms with Crippen LogP contribution < -0.4 is 4.90 Å². The van der Waals surface area contributed by atoms with Crippen molar-refractivity contribution >= 4 is 24.1 Å². The number of aliphatic hydroxyl groups is 1. The van der Waals surface area contributed by atoms with E-state index in [-0.39, 0.29) is 36.1 Å². The zero-order valence-corrected chi connectivity index (χ0v) is 20.8. The van der Waals surface area contributed by atoms with Gasteiger partial charge in [0, 0.05) is 56.2 Å². The van der Waals surface area contributed by atoms with Crippen LogP contribution in [0.5, 0.6) is 0 Å². The van der Waals surface area contributed by atoms with Crippen molar-refractivity contribution in [3.63, 3.8) is 0 Å². The van der Waals surface area contributed by atoms with Gasteiger partial charge in [0.15, 0.2) is 5.82 Å². The molecule has 1 aromatic heterocycles. The van der Waals surface area contributed by atoms with Gasteiger partial charge in [0.2, 0.25) is 5.91 Å². The number of piperidine rings is 1. The lowest BCUT2D eigenvalue weighted by Crippen LogP contribution is -2.61. The Bertz CT molecular complexity index is 998. The minimum absolute atomic E-state index is 0. The number of benzene rings is 1. The maximum absolute atomic E-state index is 14.8. The minimum Gasteiger partial charge on any atom is -0.389 e. The first-order valence-electron chi connectivity index (χ1n) is 11.6. The first kappa shape index (κ1) is 26.3. The topological polar surface area (TPSA) is 69.6 Å². The Kier molecular flexibility index (Phi) is 7.82. The second kappa shape index (κ2) is 10.1. The molecule has 5 atom stereocenters. The van der Waals surface area contributed by atoms with E-state index in [1.54, 1.807) is 12.3 Å². The summed E-state index contributed by atoms with van der Waals surface area (Å²) in [5.41, 5.74) is -0.515. The van der Waals surface area contributed by atoms with E-state index in [1.807, 2.05) is 43.6 Å². The number of nitrogens with zero attached hydrogens (tertiary/aromatic N) is 4. The van der Waals surface area contributed by atoms with Gasteiger partial charge in [-0.2, -0.15) is 5.10 Å². The van der Waals surface area contributed by atoms with E-state index in [0.717, 1.165) is 6.07 Å². The van der Waals surface area contributed by atoms with E-state index >= 15 is 0 Å². The molecule has 0 radical (unpaired) electrons. The lowest BCUT2D eigenvalue weighted by atomic mass is 9.68. The monoisotopic (exact) mass is 494 g/mol. The van der Waals surface area contributed by atoms with E-state index in [9.17, 15) is 18.7 Å². The van der Waals surface area contributed by atoms with E-state index < -0.39 is 29.1 Å². The highest BCUT2D eigenvalue weighted by Gasteiger charge is 2.50. The van der Waals surface area contributed by atoms with Crippen molar-refractivity contribution in [3.8, 4) is 0 Å². The highest BCUT2D eigenvalue weighted by atomic mass is 35.5. The minimum atomic E-state index is -0.847. The highest BCUT2D eigenvalue weighted by molar-refractivity contribution is 5.85. The number of hydrogen-bond donors (Lipinski definition) is 1. The number of anilines is 1. The van der Waals surface area contributed by atoms with Crippen molar-refractivity contribution in [2.24, 2.45) is 23.7 Å². The predicted octanol–water partition coefficient (Wildman–Crippen LogP) is 3.90. The molecule has 1 N–H and O–H groups in total. The average Bonchev–Trinajstić information content (AvgIpc) is 3.22. The van der Waals surface area contributed by atoms with Gasteiger partial charge in [-0.05, 0) is 29.7 Å². The fourth-order valence-corrected chi connectivity index (χ4v) is 5.89. The van der Waals surface area contributed by atoms with Crippen molar-refractivity contribution in [1.82, 2.24) is 15.1 Å². The molecule has 3 heterocycles. The van der Waals surface area contributed by atoms with E-state index in [2.05, 4.69) is 10.2 Å². The molecule has 2 aliphatic rings. The lowest BCUT2D eigenvalue weighted by Gasteiger charge is -2.50. The Balaban J connectivity index is 0.00000324. The third kappa shape index (κ3) is 4.62. The number of aromatic nitrogens is 2. The molecule has 2 saturated heterocycles. The zero-order chi connectivity index (χ0) is 23.9. The first-order chi connectivity index (χ1) is 15.6. The van der Waals surface area contributed by atoms with Crippen LogP contribution in [0.1, 0.15) is 39.2 Å². The fourth-order valence-electron chi connectivity index (χ4n) is 5.89. The predicted molar refractivity (Wildman–Crippen MR) is 129 cm³/mol. The summed E-state index contributed by atoms with van der Waals surface area (Å²) in [4.78, 5) is 17.5. The summed E-state index contributed by atoms with van der Waals surface area (Å²) in [5, 5.41) is 19.4. The van der Waals surface area contributed by atoms with Gasteiger partial charge < -0.3 is 14.9 Å². The third-order valence-electron chi connectivity index (χ3n) is 7.69. The molecule has 0 aliphatic carbocycles. The number of rotatable bonds is 4. The summed E-state index contributed by atoms with van der Waals surface area (Å²) < 4.78 is 28.4. The second-order valence-electron chi connectivity index (χ2n) is 9.95. The number of carbonyl (C=O) groups is 1. The molecular weight excluding hydrogens is 462 g/mol. The largest absolute Gasteiger partial charge is 0.389 e. The van der Waals surface area contributed by atoms with Gasteiger partial charge in [-0.15, -0.1) is 17.5 Å². The van der Waals surface area contributed by atoms with Gasteiger partial charge in [0.1, 0.15) is 11.6 Å². The number of carbonyl (C=O) groups excluding carboxylic acids is 1. The molecule has 6 nitrogen and oxygen atoms in total. The summed E-state index contributed by atoms with van der Waals surface area (Å²) in [6, 6.07) is 7.13. The number of halogens is 3. The Morgan fingerprint density at radius 2 is 1.79 bits per heavy atom. The quantitative estimate of drug-likeness (QED) is 0.698. The fraction of sp³-hybridized carbons (Fsp3) is 0.560. The molecule has 34 heavy (non-hydrogen) atoms. The van der Waals surface area contributed by atoms with Crippen LogP contribution in [-0.4, -0.2) is 57.9 Å². The summed E-state index contributed by atoms with van der Waals surface area (Å²) >= 11 is 0. The average molecular weight is 495 g/mol. The van der Waals surface area contributed by atoms with Gasteiger partial charge in [-0.1, -0.05) is 33.8 Å². The van der Waals surface area contributed by atoms with Gasteiger partial charge >= 0.3 is 0 Å². The molecule has 1 aromatic carbocycles. The van der Waals surface area contributed by atoms with Crippen LogP contribution >= 0.6 is 12.4 Å². The van der Waals surface area contributed by atoms with Gasteiger partial charge in [0.25, 0.3) is 0 Å². The van der Waals surface area contributed by atoms with Crippen LogP contribution in [0.15, 0.2) is 36.5 Å². The molecule has 4 rings (SSSR count). The standard InChI is InChI=1S/C25H32F2N4O2.ClH/c1-15(2)25(33)16(3)11-31(12-17(25)4)24(32)21-14-30(23-6-5-9-28-29-23)13-20(21)19-8-7-18(26)10-22(19)27;/h5-10,15-17,20-21,33H,11-14H2,1-4H3;1H/t16-,17+,20-,21+,25?;/m0./s1. The smallest absolute Gasteiger partial charge is 0.228 e. The maximum Gasteiger partial charge on any atom is 0.228 e. The summed E-state index contributed by atoms with van der Waals surface area (Å²) in [5.74, 6) is -1.82. The zero-order valence-electron chi connectivity index (χ0n) is 20.0. The number of amides is 1. The van der Waals surface area contributed by atoms with Crippen LogP contribution in [0.3, 0.4) is 0 Å². The summed E-state index contributed by atoms with van der Waals surface area (Å²) in [7, 11) is 0. The Morgan fingerprint density at radius 1 is 1.12 bits per heavy atom. The molecule has 0 saturated carbocycles. The molecule has 0 bridgehead atoms. The normalized spacial score (nSPS) is 29.3. The number of likely N-dealkylation sites (tertiary alicyclic amines) is 1. The number of hydrogen-bond acceptors (Lipinski definition) is 5. The van der Waals surface area contributed by atoms with Crippen LogP contribution in [0.2, 0.25) is 0 Å². The molecule has 1 amide bonds. The SMILES string of the molecule is CC(C)C1(O)[C@H](C)CN(C(=O)[C@@H]2CN(c3cccnn3)C[C@H]2c2ccc(F)cc2F)C[C@@H]1C.Cl. The Labute approximate surface area is 205 Å². The van der Waals surface area contributed by atoms with Gasteiger partial charge in [0.05, 0.1) is 11.5 Å². The molecule has 2 aromatic rings. The van der Waals surface area contributed by atoms with E-state index in [4.69, 9.17) is 0 Å². The summed E-state index contributed by atoms with van der Waals surface area (Å²) in [6.45, 7) is 9.61. The maximum atomic E-state index is 14.8. The van der Waals surface area contributed by atoms with Crippen LogP contribution in [0, 0.1) is 35.3 Å². The Hall–Kier alpha value is -2.32. The van der Waals surface area contributed by atoms with E-state index in [0.29, 0.717) is 37.6 Å². The second-order valence-corrected chi connectivity index (χ2v) is 9.95. The molecule has 2 fully saturated rings. The highest BCUT2D eigenvalue weighted by Crippen LogP contribution is 2.41. The Morgan fingerprint density at radius 3 is 2.35 bits per heavy atom. The third-order valence-corrected chi connectivity index (χ3v) is 7.69. The van der Waals surface area contributed by atoms with Crippen molar-refractivity contribution in [3.05, 3.63) is 53.7 Å². The first-order valence-corrected chi connectivity index (χ1v) is 11.6. The van der Waals surface area contributed by atoms with Crippen LogP contribution in [-0.2, 0) is 4.79 Å². The molecule has 186 valence electrons. The van der Waals surface area contributed by atoms with Gasteiger partial charge in [-0.25, -0.2) is 8.78 Å². The van der Waals surface area contributed by atoms with Gasteiger partial charge in [-0.3, -0.25) is 4.79 Å². The lowest BCUT2D eigenvalue weighted by molar-refractivity contribution is -0.159. The molecule has 0 spiro atoms. The summed E-state index contributed by atoms with van der Waals surface area (Å²) in [6.07, 6.45) is 1.58. The van der Waals surface area contributed by atoms with Crippen molar-refractivity contribution in [2.75, 3.05) is 31.1 Å². The van der Waals surface area contributed by atoms with Crippen molar-refractivity contribution in [1.29, 1.82) is 0 Å². The molecular formula is C25H33ClF2N4O2. The molecule has 9 heteroatoms. The van der Waals surface area contributed by atoms with Crippen LogP contribution in [0.25, 0.3) is 0 Å². The van der Waals surface area contributed by atoms with Crippen LogP contribution in [0.4, 0.5) is 14.6 Å². The van der Waals surface area contributed by atoms with Crippen molar-refractivity contribution < 1.29 is 18.7 Å².